The van der Waals surface area contributed by atoms with E-state index in [2.05, 4.69) is 58.5 Å². The lowest BCUT2D eigenvalue weighted by molar-refractivity contribution is 0.411. The summed E-state index contributed by atoms with van der Waals surface area (Å²) in [7, 11) is 1.68. The maximum atomic E-state index is 5.30. The fourth-order valence-electron chi connectivity index (χ4n) is 2.37. The molecule has 0 saturated heterocycles. The molecule has 0 amide bonds. The number of likely N-dealkylation sites (N-methyl/N-ethyl adjacent to an activating group) is 1. The maximum absolute atomic E-state index is 5.30. The van der Waals surface area contributed by atoms with Gasteiger partial charge in [0.15, 0.2) is 0 Å². The van der Waals surface area contributed by atoms with Crippen LogP contribution in [0.1, 0.15) is 31.0 Å². The molecule has 0 aliphatic rings. The van der Waals surface area contributed by atoms with Crippen LogP contribution in [0.3, 0.4) is 0 Å². The van der Waals surface area contributed by atoms with Crippen LogP contribution in [0, 0.1) is 0 Å². The summed E-state index contributed by atoms with van der Waals surface area (Å²) in [5, 5.41) is 7.89. The maximum Gasteiger partial charge on any atom is 0.133 e. The number of hydrogen-bond donors (Lipinski definition) is 1. The van der Waals surface area contributed by atoms with Crippen molar-refractivity contribution in [2.45, 2.75) is 32.9 Å². The minimum Gasteiger partial charge on any atom is -0.496 e. The fraction of sp³-hybridized carbons (Fsp3) is 0.438. The van der Waals surface area contributed by atoms with Gasteiger partial charge in [-0.05, 0) is 59.1 Å². The Morgan fingerprint density at radius 3 is 2.76 bits per heavy atom. The average molecular weight is 352 g/mol. The predicted octanol–water partition coefficient (Wildman–Crippen LogP) is 3.57. The van der Waals surface area contributed by atoms with Crippen LogP contribution in [-0.4, -0.2) is 23.4 Å². The normalized spacial score (nSPS) is 12.4. The Hall–Kier alpha value is -1.33. The van der Waals surface area contributed by atoms with E-state index in [9.17, 15) is 0 Å². The van der Waals surface area contributed by atoms with Crippen molar-refractivity contribution < 1.29 is 4.74 Å². The quantitative estimate of drug-likeness (QED) is 0.828. The second-order valence-electron chi connectivity index (χ2n) is 4.91. The van der Waals surface area contributed by atoms with Crippen LogP contribution in [-0.2, 0) is 13.0 Å². The largest absolute Gasteiger partial charge is 0.496 e. The summed E-state index contributed by atoms with van der Waals surface area (Å²) < 4.78 is 8.24. The molecule has 0 aliphatic heterocycles. The number of ether oxygens (including phenoxy) is 1. The zero-order valence-corrected chi connectivity index (χ0v) is 14.4. The summed E-state index contributed by atoms with van der Waals surface area (Å²) in [5.41, 5.74) is 2.49. The molecule has 0 saturated carbocycles. The van der Waals surface area contributed by atoms with Gasteiger partial charge in [0.05, 0.1) is 17.8 Å². The molecular weight excluding hydrogens is 330 g/mol. The molecule has 2 aromatic rings. The van der Waals surface area contributed by atoms with E-state index in [1.807, 2.05) is 16.9 Å². The van der Waals surface area contributed by atoms with E-state index in [1.165, 1.54) is 11.1 Å². The highest BCUT2D eigenvalue weighted by Crippen LogP contribution is 2.29. The smallest absolute Gasteiger partial charge is 0.133 e. The van der Waals surface area contributed by atoms with Gasteiger partial charge in [-0.2, -0.15) is 5.10 Å². The monoisotopic (exact) mass is 351 g/mol. The zero-order valence-electron chi connectivity index (χ0n) is 12.8. The average Bonchev–Trinajstić information content (AvgIpc) is 2.94. The van der Waals surface area contributed by atoms with Crippen LogP contribution in [0.4, 0.5) is 0 Å². The van der Waals surface area contributed by atoms with Crippen LogP contribution < -0.4 is 10.1 Å². The molecule has 0 aliphatic carbocycles. The van der Waals surface area contributed by atoms with Crippen LogP contribution in [0.5, 0.6) is 5.75 Å². The lowest BCUT2D eigenvalue weighted by atomic mass is 10.0. The molecule has 0 radical (unpaired) electrons. The molecule has 0 bridgehead atoms. The van der Waals surface area contributed by atoms with E-state index in [4.69, 9.17) is 4.74 Å². The number of halogens is 1. The first-order valence-electron chi connectivity index (χ1n) is 7.26. The van der Waals surface area contributed by atoms with Gasteiger partial charge in [0, 0.05) is 18.8 Å². The van der Waals surface area contributed by atoms with Crippen LogP contribution in [0.25, 0.3) is 0 Å². The Kier molecular flexibility index (Phi) is 5.82. The standard InChI is InChI=1S/C16H22BrN3O/c1-4-18-15(8-12-10-19-20(5-2)11-12)13-6-7-16(21-3)14(17)9-13/h6-7,9-11,15,18H,4-5,8H2,1-3H3. The van der Waals surface area contributed by atoms with Gasteiger partial charge in [-0.3, -0.25) is 4.68 Å². The third-order valence-electron chi connectivity index (χ3n) is 3.48. The Balaban J connectivity index is 2.19. The molecule has 1 unspecified atom stereocenters. The number of aromatic nitrogens is 2. The number of nitrogens with one attached hydrogen (secondary N) is 1. The van der Waals surface area contributed by atoms with E-state index >= 15 is 0 Å². The van der Waals surface area contributed by atoms with E-state index in [0.717, 1.165) is 29.7 Å². The molecular formula is C16H22BrN3O. The van der Waals surface area contributed by atoms with Crippen molar-refractivity contribution in [2.24, 2.45) is 0 Å². The molecule has 0 spiro atoms. The summed E-state index contributed by atoms with van der Waals surface area (Å²) in [6, 6.07) is 6.50. The first-order chi connectivity index (χ1) is 10.2. The third kappa shape index (κ3) is 4.08. The van der Waals surface area contributed by atoms with Gasteiger partial charge < -0.3 is 10.1 Å². The molecule has 0 fully saturated rings. The van der Waals surface area contributed by atoms with E-state index < -0.39 is 0 Å². The minimum absolute atomic E-state index is 0.270. The van der Waals surface area contributed by atoms with E-state index in [1.54, 1.807) is 7.11 Å². The summed E-state index contributed by atoms with van der Waals surface area (Å²) in [4.78, 5) is 0. The van der Waals surface area contributed by atoms with Crippen LogP contribution >= 0.6 is 15.9 Å². The summed E-state index contributed by atoms with van der Waals surface area (Å²) >= 11 is 3.56. The fourth-order valence-corrected chi connectivity index (χ4v) is 2.93. The van der Waals surface area contributed by atoms with Crippen molar-refractivity contribution in [3.05, 3.63) is 46.2 Å². The first-order valence-corrected chi connectivity index (χ1v) is 8.05. The highest BCUT2D eigenvalue weighted by atomic mass is 79.9. The number of aryl methyl sites for hydroxylation is 1. The van der Waals surface area contributed by atoms with E-state index in [0.29, 0.717) is 0 Å². The number of benzene rings is 1. The highest BCUT2D eigenvalue weighted by Gasteiger charge is 2.14. The van der Waals surface area contributed by atoms with Crippen molar-refractivity contribution in [1.29, 1.82) is 0 Å². The van der Waals surface area contributed by atoms with Gasteiger partial charge in [0.1, 0.15) is 5.75 Å². The molecule has 5 heteroatoms. The topological polar surface area (TPSA) is 39.1 Å². The lowest BCUT2D eigenvalue weighted by Crippen LogP contribution is -2.22. The van der Waals surface area contributed by atoms with Gasteiger partial charge in [0.25, 0.3) is 0 Å². The Morgan fingerprint density at radius 1 is 1.38 bits per heavy atom. The minimum atomic E-state index is 0.270. The lowest BCUT2D eigenvalue weighted by Gasteiger charge is -2.18. The zero-order chi connectivity index (χ0) is 15.2. The van der Waals surface area contributed by atoms with Crippen LogP contribution in [0.15, 0.2) is 35.1 Å². The molecule has 21 heavy (non-hydrogen) atoms. The molecule has 4 nitrogen and oxygen atoms in total. The van der Waals surface area contributed by atoms with E-state index in [-0.39, 0.29) is 6.04 Å². The Labute approximate surface area is 134 Å². The van der Waals surface area contributed by atoms with Gasteiger partial charge in [-0.25, -0.2) is 0 Å². The van der Waals surface area contributed by atoms with Gasteiger partial charge >= 0.3 is 0 Å². The number of rotatable bonds is 7. The van der Waals surface area contributed by atoms with Gasteiger partial charge in [-0.1, -0.05) is 13.0 Å². The SMILES string of the molecule is CCNC(Cc1cnn(CC)c1)c1ccc(OC)c(Br)c1. The van der Waals surface area contributed by atoms with Gasteiger partial charge in [-0.15, -0.1) is 0 Å². The van der Waals surface area contributed by atoms with Crippen molar-refractivity contribution in [1.82, 2.24) is 15.1 Å². The molecule has 1 aromatic heterocycles. The Bertz CT molecular complexity index is 583. The molecule has 2 rings (SSSR count). The van der Waals surface area contributed by atoms with Crippen molar-refractivity contribution >= 4 is 15.9 Å². The van der Waals surface area contributed by atoms with Crippen LogP contribution in [0.2, 0.25) is 0 Å². The first kappa shape index (κ1) is 16.0. The highest BCUT2D eigenvalue weighted by molar-refractivity contribution is 9.10. The molecule has 1 atom stereocenters. The Morgan fingerprint density at radius 2 is 2.19 bits per heavy atom. The number of nitrogens with zero attached hydrogens (tertiary/aromatic N) is 2. The van der Waals surface area contributed by atoms with Gasteiger partial charge in [0.2, 0.25) is 0 Å². The van der Waals surface area contributed by atoms with Crippen molar-refractivity contribution in [3.63, 3.8) is 0 Å². The second-order valence-corrected chi connectivity index (χ2v) is 5.77. The summed E-state index contributed by atoms with van der Waals surface area (Å²) in [6.07, 6.45) is 4.99. The molecule has 1 heterocycles. The predicted molar refractivity (Wildman–Crippen MR) is 88.7 cm³/mol. The number of methoxy groups -OCH3 is 1. The second kappa shape index (κ2) is 7.61. The summed E-state index contributed by atoms with van der Waals surface area (Å²) in [6.45, 7) is 6.05. The molecule has 1 aromatic carbocycles. The summed E-state index contributed by atoms with van der Waals surface area (Å²) in [5.74, 6) is 0.854. The molecule has 114 valence electrons. The molecule has 1 N–H and O–H groups in total. The van der Waals surface area contributed by atoms with Crippen molar-refractivity contribution in [2.75, 3.05) is 13.7 Å². The van der Waals surface area contributed by atoms with Crippen molar-refractivity contribution in [3.8, 4) is 5.75 Å². The number of hydrogen-bond acceptors (Lipinski definition) is 3. The third-order valence-corrected chi connectivity index (χ3v) is 4.10.